The molecule has 7 nitrogen and oxygen atoms in total. The van der Waals surface area contributed by atoms with E-state index in [4.69, 9.17) is 9.72 Å². The van der Waals surface area contributed by atoms with E-state index in [0.29, 0.717) is 30.8 Å². The monoisotopic (exact) mass is 456 g/mol. The first-order valence-electron chi connectivity index (χ1n) is 11.2. The van der Waals surface area contributed by atoms with Crippen molar-refractivity contribution in [2.75, 3.05) is 20.7 Å². The van der Waals surface area contributed by atoms with Crippen molar-refractivity contribution in [1.29, 1.82) is 0 Å². The molecule has 3 aromatic carbocycles. The van der Waals surface area contributed by atoms with Gasteiger partial charge >= 0.3 is 0 Å². The number of amides is 2. The number of aromatic nitrogens is 2. The average molecular weight is 457 g/mol. The third kappa shape index (κ3) is 5.43. The fraction of sp³-hybridized carbons (Fsp3) is 0.222. The summed E-state index contributed by atoms with van der Waals surface area (Å²) in [5.41, 5.74) is 3.38. The highest BCUT2D eigenvalue weighted by Gasteiger charge is 2.17. The highest BCUT2D eigenvalue weighted by atomic mass is 16.5. The normalized spacial score (nSPS) is 10.8. The summed E-state index contributed by atoms with van der Waals surface area (Å²) in [5.74, 6) is 1.30. The predicted molar refractivity (Wildman–Crippen MR) is 132 cm³/mol. The minimum absolute atomic E-state index is 0.00414. The lowest BCUT2D eigenvalue weighted by atomic mass is 10.2. The SMILES string of the molecule is COc1ccc(C(=O)NCCc2nc3ccccc3n2CC(=O)N(C)Cc2ccccc2)cc1. The van der Waals surface area contributed by atoms with Crippen LogP contribution in [0.25, 0.3) is 11.0 Å². The van der Waals surface area contributed by atoms with Crippen LogP contribution in [-0.4, -0.2) is 47.0 Å². The molecule has 1 heterocycles. The van der Waals surface area contributed by atoms with Gasteiger partial charge in [0.1, 0.15) is 18.1 Å². The number of imidazole rings is 1. The Morgan fingerprint density at radius 1 is 0.971 bits per heavy atom. The molecule has 174 valence electrons. The van der Waals surface area contributed by atoms with Gasteiger partial charge in [-0.05, 0) is 42.0 Å². The molecule has 34 heavy (non-hydrogen) atoms. The fourth-order valence-corrected chi connectivity index (χ4v) is 3.83. The van der Waals surface area contributed by atoms with Crippen LogP contribution in [0.1, 0.15) is 21.7 Å². The van der Waals surface area contributed by atoms with Crippen molar-refractivity contribution in [2.24, 2.45) is 0 Å². The molecule has 0 bridgehead atoms. The van der Waals surface area contributed by atoms with Crippen molar-refractivity contribution in [3.8, 4) is 5.75 Å². The summed E-state index contributed by atoms with van der Waals surface area (Å²) < 4.78 is 7.08. The van der Waals surface area contributed by atoms with Crippen LogP contribution in [0.15, 0.2) is 78.9 Å². The third-order valence-electron chi connectivity index (χ3n) is 5.70. The Balaban J connectivity index is 1.44. The van der Waals surface area contributed by atoms with Gasteiger partial charge in [-0.2, -0.15) is 0 Å². The molecule has 0 aliphatic heterocycles. The number of methoxy groups -OCH3 is 1. The number of para-hydroxylation sites is 2. The van der Waals surface area contributed by atoms with E-state index in [1.54, 1.807) is 36.3 Å². The number of hydrogen-bond acceptors (Lipinski definition) is 4. The number of rotatable bonds is 9. The highest BCUT2D eigenvalue weighted by molar-refractivity contribution is 5.94. The van der Waals surface area contributed by atoms with E-state index < -0.39 is 0 Å². The van der Waals surface area contributed by atoms with Crippen LogP contribution < -0.4 is 10.1 Å². The molecule has 1 aromatic heterocycles. The largest absolute Gasteiger partial charge is 0.497 e. The van der Waals surface area contributed by atoms with Crippen LogP contribution in [0.3, 0.4) is 0 Å². The molecule has 0 aliphatic carbocycles. The van der Waals surface area contributed by atoms with E-state index in [1.807, 2.05) is 66.2 Å². The summed E-state index contributed by atoms with van der Waals surface area (Å²) in [7, 11) is 3.40. The second kappa shape index (κ2) is 10.7. The zero-order valence-corrected chi connectivity index (χ0v) is 19.4. The first kappa shape index (κ1) is 23.0. The van der Waals surface area contributed by atoms with E-state index in [0.717, 1.165) is 22.4 Å². The molecule has 7 heteroatoms. The fourth-order valence-electron chi connectivity index (χ4n) is 3.83. The molecule has 0 saturated carbocycles. The van der Waals surface area contributed by atoms with Gasteiger partial charge in [0.05, 0.1) is 18.1 Å². The average Bonchev–Trinajstić information content (AvgIpc) is 3.21. The van der Waals surface area contributed by atoms with Gasteiger partial charge in [-0.15, -0.1) is 0 Å². The summed E-state index contributed by atoms with van der Waals surface area (Å²) >= 11 is 0. The number of benzene rings is 3. The first-order valence-corrected chi connectivity index (χ1v) is 11.2. The Kier molecular flexibility index (Phi) is 7.22. The number of carbonyl (C=O) groups is 2. The van der Waals surface area contributed by atoms with Gasteiger partial charge in [0.25, 0.3) is 5.91 Å². The van der Waals surface area contributed by atoms with E-state index in [2.05, 4.69) is 5.32 Å². The second-order valence-electron chi connectivity index (χ2n) is 8.07. The van der Waals surface area contributed by atoms with Crippen molar-refractivity contribution in [1.82, 2.24) is 19.8 Å². The smallest absolute Gasteiger partial charge is 0.251 e. The molecule has 0 unspecified atom stereocenters. The van der Waals surface area contributed by atoms with E-state index in [1.165, 1.54) is 0 Å². The van der Waals surface area contributed by atoms with Crippen LogP contribution in [0.2, 0.25) is 0 Å². The molecule has 4 aromatic rings. The standard InChI is InChI=1S/C27H28N4O3/c1-30(18-20-8-4-3-5-9-20)26(32)19-31-24-11-7-6-10-23(24)29-25(31)16-17-28-27(33)21-12-14-22(34-2)15-13-21/h3-15H,16-19H2,1-2H3,(H,28,33). The Morgan fingerprint density at radius 2 is 1.68 bits per heavy atom. The van der Waals surface area contributed by atoms with Gasteiger partial charge in [-0.25, -0.2) is 4.98 Å². The number of likely N-dealkylation sites (N-methyl/N-ethyl adjacent to an activating group) is 1. The number of hydrogen-bond donors (Lipinski definition) is 1. The summed E-state index contributed by atoms with van der Waals surface area (Å²) in [6, 6.07) is 24.6. The van der Waals surface area contributed by atoms with Gasteiger partial charge < -0.3 is 19.5 Å². The maximum Gasteiger partial charge on any atom is 0.251 e. The van der Waals surface area contributed by atoms with Gasteiger partial charge in [0, 0.05) is 32.1 Å². The maximum atomic E-state index is 13.0. The summed E-state index contributed by atoms with van der Waals surface area (Å²) in [4.78, 5) is 32.0. The molecule has 0 fully saturated rings. The number of fused-ring (bicyclic) bond motifs is 1. The molecule has 0 aliphatic rings. The molecule has 0 spiro atoms. The zero-order chi connectivity index (χ0) is 23.9. The minimum atomic E-state index is -0.163. The van der Waals surface area contributed by atoms with Gasteiger partial charge in [-0.3, -0.25) is 9.59 Å². The van der Waals surface area contributed by atoms with E-state index in [-0.39, 0.29) is 18.4 Å². The van der Waals surface area contributed by atoms with Crippen molar-refractivity contribution >= 4 is 22.8 Å². The van der Waals surface area contributed by atoms with Crippen molar-refractivity contribution < 1.29 is 14.3 Å². The lowest BCUT2D eigenvalue weighted by molar-refractivity contribution is -0.131. The number of nitrogens with one attached hydrogen (secondary N) is 1. The lowest BCUT2D eigenvalue weighted by Crippen LogP contribution is -2.31. The molecule has 2 amide bonds. The third-order valence-corrected chi connectivity index (χ3v) is 5.70. The van der Waals surface area contributed by atoms with Crippen LogP contribution in [0.4, 0.5) is 0 Å². The maximum absolute atomic E-state index is 13.0. The number of ether oxygens (including phenoxy) is 1. The minimum Gasteiger partial charge on any atom is -0.497 e. The topological polar surface area (TPSA) is 76.5 Å². The Labute approximate surface area is 199 Å². The molecule has 0 radical (unpaired) electrons. The quantitative estimate of drug-likeness (QED) is 0.417. The van der Waals surface area contributed by atoms with Crippen LogP contribution >= 0.6 is 0 Å². The molecule has 4 rings (SSSR count). The lowest BCUT2D eigenvalue weighted by Gasteiger charge is -2.19. The molecular formula is C27H28N4O3. The molecule has 1 N–H and O–H groups in total. The molecular weight excluding hydrogens is 428 g/mol. The van der Waals surface area contributed by atoms with Crippen molar-refractivity contribution in [3.05, 3.63) is 95.8 Å². The van der Waals surface area contributed by atoms with Crippen LogP contribution in [0.5, 0.6) is 5.75 Å². The van der Waals surface area contributed by atoms with E-state index in [9.17, 15) is 9.59 Å². The van der Waals surface area contributed by atoms with Crippen LogP contribution in [-0.2, 0) is 24.3 Å². The Bertz CT molecular complexity index is 1270. The number of nitrogens with zero attached hydrogens (tertiary/aromatic N) is 3. The van der Waals surface area contributed by atoms with Gasteiger partial charge in [-0.1, -0.05) is 42.5 Å². The van der Waals surface area contributed by atoms with Crippen molar-refractivity contribution in [2.45, 2.75) is 19.5 Å². The predicted octanol–water partition coefficient (Wildman–Crippen LogP) is 3.68. The number of carbonyl (C=O) groups excluding carboxylic acids is 2. The first-order chi connectivity index (χ1) is 16.5. The van der Waals surface area contributed by atoms with E-state index >= 15 is 0 Å². The molecule has 0 saturated heterocycles. The summed E-state index contributed by atoms with van der Waals surface area (Å²) in [5, 5.41) is 2.94. The van der Waals surface area contributed by atoms with Gasteiger partial charge in [0.15, 0.2) is 0 Å². The second-order valence-corrected chi connectivity index (χ2v) is 8.07. The highest BCUT2D eigenvalue weighted by Crippen LogP contribution is 2.17. The zero-order valence-electron chi connectivity index (χ0n) is 19.4. The van der Waals surface area contributed by atoms with Crippen LogP contribution in [0, 0.1) is 0 Å². The summed E-state index contributed by atoms with van der Waals surface area (Å²) in [6.07, 6.45) is 0.506. The molecule has 0 atom stereocenters. The Morgan fingerprint density at radius 3 is 2.41 bits per heavy atom. The van der Waals surface area contributed by atoms with Gasteiger partial charge in [0.2, 0.25) is 5.91 Å². The van der Waals surface area contributed by atoms with Crippen molar-refractivity contribution in [3.63, 3.8) is 0 Å². The Hall–Kier alpha value is -4.13. The summed E-state index contributed by atoms with van der Waals surface area (Å²) in [6.45, 7) is 1.13.